The van der Waals surface area contributed by atoms with Gasteiger partial charge in [-0.25, -0.2) is 19.6 Å². The molecular formula is C46H54N8O6. The lowest BCUT2D eigenvalue weighted by atomic mass is 9.98. The maximum absolute atomic E-state index is 14.1. The number of carbonyl (C=O) groups is 4. The first-order valence-electron chi connectivity index (χ1n) is 20.9. The molecule has 2 aliphatic heterocycles. The third-order valence-corrected chi connectivity index (χ3v) is 12.5. The van der Waals surface area contributed by atoms with Gasteiger partial charge in [0.05, 0.1) is 48.4 Å². The first kappa shape index (κ1) is 40.6. The fraction of sp³-hybridized carbons (Fsp3) is 0.435. The maximum atomic E-state index is 14.1. The van der Waals surface area contributed by atoms with Gasteiger partial charge in [0.15, 0.2) is 0 Å². The van der Waals surface area contributed by atoms with Gasteiger partial charge in [0, 0.05) is 23.4 Å². The van der Waals surface area contributed by atoms with Crippen molar-refractivity contribution in [3.05, 3.63) is 72.3 Å². The Morgan fingerprint density at radius 2 is 1.23 bits per heavy atom. The van der Waals surface area contributed by atoms with Gasteiger partial charge in [-0.1, -0.05) is 71.0 Å². The summed E-state index contributed by atoms with van der Waals surface area (Å²) >= 11 is 0. The van der Waals surface area contributed by atoms with E-state index in [0.717, 1.165) is 85.6 Å². The molecule has 4 aromatic carbocycles. The van der Waals surface area contributed by atoms with E-state index in [0.29, 0.717) is 6.54 Å². The number of aromatic amines is 2. The Kier molecular flexibility index (Phi) is 10.9. The minimum absolute atomic E-state index is 0.0340. The number of likely N-dealkylation sites (tertiary alicyclic amines) is 2. The number of nitrogens with zero attached hydrogens (tertiary/aromatic N) is 4. The monoisotopic (exact) mass is 814 g/mol. The van der Waals surface area contributed by atoms with Crippen LogP contribution < -0.4 is 10.6 Å². The molecule has 2 aliphatic rings. The minimum atomic E-state index is -0.726. The second-order valence-electron chi connectivity index (χ2n) is 17.2. The molecule has 6 aromatic rings. The van der Waals surface area contributed by atoms with E-state index in [1.165, 1.54) is 14.2 Å². The van der Waals surface area contributed by atoms with Crippen LogP contribution in [0.5, 0.6) is 0 Å². The van der Waals surface area contributed by atoms with E-state index in [1.807, 2.05) is 49.6 Å². The van der Waals surface area contributed by atoms with Gasteiger partial charge in [0.2, 0.25) is 11.8 Å². The van der Waals surface area contributed by atoms with Gasteiger partial charge in [-0.05, 0) is 90.1 Å². The summed E-state index contributed by atoms with van der Waals surface area (Å²) in [6.07, 6.45) is 1.18. The van der Waals surface area contributed by atoms with Crippen molar-refractivity contribution < 1.29 is 28.7 Å². The van der Waals surface area contributed by atoms with Crippen molar-refractivity contribution in [2.24, 2.45) is 17.8 Å². The topological polar surface area (TPSA) is 175 Å². The lowest BCUT2D eigenvalue weighted by molar-refractivity contribution is -0.138. The van der Waals surface area contributed by atoms with E-state index >= 15 is 0 Å². The Morgan fingerprint density at radius 1 is 0.717 bits per heavy atom. The number of methoxy groups -OCH3 is 2. The Balaban J connectivity index is 1.07. The van der Waals surface area contributed by atoms with Crippen LogP contribution in [-0.2, 0) is 19.1 Å². The number of rotatable bonds is 9. The summed E-state index contributed by atoms with van der Waals surface area (Å²) in [6.45, 7) is 12.4. The summed E-state index contributed by atoms with van der Waals surface area (Å²) in [4.78, 5) is 73.0. The third kappa shape index (κ3) is 7.26. The average Bonchev–Trinajstić information content (AvgIpc) is 4.05. The number of imidazole rings is 2. The quantitative estimate of drug-likeness (QED) is 0.113. The number of benzene rings is 4. The van der Waals surface area contributed by atoms with E-state index in [9.17, 15) is 19.2 Å². The molecule has 0 saturated carbocycles. The van der Waals surface area contributed by atoms with Crippen molar-refractivity contribution in [1.82, 2.24) is 40.4 Å². The molecule has 0 bridgehead atoms. The number of amides is 4. The highest BCUT2D eigenvalue weighted by atomic mass is 16.5. The molecule has 14 heteroatoms. The highest BCUT2D eigenvalue weighted by Crippen LogP contribution is 2.42. The third-order valence-electron chi connectivity index (χ3n) is 12.5. The van der Waals surface area contributed by atoms with Gasteiger partial charge in [-0.15, -0.1) is 0 Å². The highest BCUT2D eigenvalue weighted by Gasteiger charge is 2.45. The molecule has 8 rings (SSSR count). The van der Waals surface area contributed by atoms with Crippen LogP contribution in [0.15, 0.2) is 60.7 Å². The number of hydrogen-bond acceptors (Lipinski definition) is 8. The SMILES string of the molecule is COC(=O)N[C@H](C(=O)N1CCC[C@H]1c1nc2ccc3cc(-c4ccc5c(ccc6nc([C@@H]7[C@H](C)C[C@H](C)N7C(=O)[C@@H](NC(=O)OC)C(C)C)[nH]c65)c4)ccc3c2[nH]1)C(C)C. The van der Waals surface area contributed by atoms with Crippen molar-refractivity contribution in [1.29, 1.82) is 0 Å². The van der Waals surface area contributed by atoms with Crippen LogP contribution in [-0.4, -0.2) is 92.6 Å². The summed E-state index contributed by atoms with van der Waals surface area (Å²) in [5, 5.41) is 9.66. The molecule has 60 heavy (non-hydrogen) atoms. The van der Waals surface area contributed by atoms with E-state index in [4.69, 9.17) is 19.4 Å². The van der Waals surface area contributed by atoms with Crippen molar-refractivity contribution in [2.75, 3.05) is 20.8 Å². The van der Waals surface area contributed by atoms with Gasteiger partial charge < -0.3 is 39.9 Å². The summed E-state index contributed by atoms with van der Waals surface area (Å²) in [5.74, 6) is 1.09. The van der Waals surface area contributed by atoms with Crippen LogP contribution in [0.25, 0.3) is 54.7 Å². The van der Waals surface area contributed by atoms with Crippen LogP contribution in [0, 0.1) is 17.8 Å². The van der Waals surface area contributed by atoms with Crippen molar-refractivity contribution in [3.63, 3.8) is 0 Å². The number of H-pyrrole nitrogens is 2. The molecule has 4 heterocycles. The molecule has 0 spiro atoms. The molecule has 14 nitrogen and oxygen atoms in total. The summed E-state index contributed by atoms with van der Waals surface area (Å²) in [5.41, 5.74) is 5.64. The van der Waals surface area contributed by atoms with E-state index in [2.05, 4.69) is 83.0 Å². The highest BCUT2D eigenvalue weighted by molar-refractivity contribution is 6.07. The number of carbonyl (C=O) groups excluding carboxylic acids is 4. The van der Waals surface area contributed by atoms with Gasteiger partial charge in [0.25, 0.3) is 0 Å². The largest absolute Gasteiger partial charge is 0.453 e. The average molecular weight is 815 g/mol. The number of ether oxygens (including phenoxy) is 2. The van der Waals surface area contributed by atoms with Crippen molar-refractivity contribution in [3.8, 4) is 11.1 Å². The molecule has 314 valence electrons. The summed E-state index contributed by atoms with van der Waals surface area (Å²) in [6, 6.07) is 19.1. The number of nitrogens with one attached hydrogen (secondary N) is 4. The predicted octanol–water partition coefficient (Wildman–Crippen LogP) is 8.14. The molecule has 2 saturated heterocycles. The molecule has 4 amide bonds. The van der Waals surface area contributed by atoms with E-state index in [1.54, 1.807) is 0 Å². The van der Waals surface area contributed by atoms with E-state index in [-0.39, 0.29) is 47.7 Å². The Hall–Kier alpha value is -6.18. The lowest BCUT2D eigenvalue weighted by Gasteiger charge is -2.33. The van der Waals surface area contributed by atoms with Crippen LogP contribution in [0.3, 0.4) is 0 Å². The Labute approximate surface area is 348 Å². The first-order chi connectivity index (χ1) is 28.8. The second kappa shape index (κ2) is 16.1. The zero-order chi connectivity index (χ0) is 42.6. The molecule has 0 radical (unpaired) electrons. The van der Waals surface area contributed by atoms with Crippen LogP contribution in [0.1, 0.15) is 84.5 Å². The van der Waals surface area contributed by atoms with E-state index < -0.39 is 24.3 Å². The van der Waals surface area contributed by atoms with Crippen LogP contribution in [0.4, 0.5) is 9.59 Å². The fourth-order valence-electron chi connectivity index (χ4n) is 9.45. The number of fused-ring (bicyclic) bond motifs is 6. The maximum Gasteiger partial charge on any atom is 0.407 e. The van der Waals surface area contributed by atoms with Gasteiger partial charge in [0.1, 0.15) is 23.7 Å². The number of alkyl carbamates (subject to hydrolysis) is 2. The zero-order valence-corrected chi connectivity index (χ0v) is 35.5. The smallest absolute Gasteiger partial charge is 0.407 e. The summed E-state index contributed by atoms with van der Waals surface area (Å²) in [7, 11) is 2.59. The van der Waals surface area contributed by atoms with Crippen LogP contribution in [0.2, 0.25) is 0 Å². The molecule has 6 atom stereocenters. The molecule has 2 aromatic heterocycles. The van der Waals surface area contributed by atoms with Gasteiger partial charge >= 0.3 is 12.2 Å². The number of aromatic nitrogens is 4. The predicted molar refractivity (Wildman–Crippen MR) is 231 cm³/mol. The van der Waals surface area contributed by atoms with Crippen LogP contribution >= 0.6 is 0 Å². The Bertz CT molecular complexity index is 2630. The summed E-state index contributed by atoms with van der Waals surface area (Å²) < 4.78 is 9.63. The molecule has 4 N–H and O–H groups in total. The van der Waals surface area contributed by atoms with Crippen molar-refractivity contribution in [2.45, 2.75) is 91.0 Å². The molecule has 0 unspecified atom stereocenters. The Morgan fingerprint density at radius 3 is 1.77 bits per heavy atom. The number of hydrogen-bond donors (Lipinski definition) is 4. The van der Waals surface area contributed by atoms with Gasteiger partial charge in [-0.3, -0.25) is 9.59 Å². The second-order valence-corrected chi connectivity index (χ2v) is 17.2. The molecule has 2 fully saturated rings. The van der Waals surface area contributed by atoms with Gasteiger partial charge in [-0.2, -0.15) is 0 Å². The lowest BCUT2D eigenvalue weighted by Crippen LogP contribution is -2.52. The fourth-order valence-corrected chi connectivity index (χ4v) is 9.45. The molecule has 0 aliphatic carbocycles. The minimum Gasteiger partial charge on any atom is -0.453 e. The normalized spacial score (nSPS) is 20.4. The molecular weight excluding hydrogens is 761 g/mol. The standard InChI is InChI=1S/C46H54N8O6/c1-23(2)36(51-45(57)59-7)43(55)53-19-9-10-35(53)41-47-33-17-13-29-21-27(11-15-31(29)38(33)49-41)28-12-16-32-30(22-28)14-18-34-39(32)50-42(48-34)40-25(5)20-26(6)54(40)44(56)37(24(3)4)52-46(58)60-8/h11-18,21-26,35-37,40H,9-10,19-20H2,1-8H3,(H,47,49)(H,48,50)(H,51,57)(H,52,58)/t25-,26+,35+,36+,37+,40+/m1/s1. The zero-order valence-electron chi connectivity index (χ0n) is 35.5. The van der Waals surface area contributed by atoms with Crippen molar-refractivity contribution >= 4 is 67.6 Å². The first-order valence-corrected chi connectivity index (χ1v) is 20.9.